The maximum absolute atomic E-state index is 13.1. The van der Waals surface area contributed by atoms with Crippen LogP contribution in [-0.2, 0) is 19.1 Å². The topological polar surface area (TPSA) is 60.4 Å². The molecule has 0 amide bonds. The Morgan fingerprint density at radius 2 is 1.61 bits per heavy atom. The van der Waals surface area contributed by atoms with Gasteiger partial charge in [0, 0.05) is 0 Å². The van der Waals surface area contributed by atoms with Gasteiger partial charge >= 0.3 is 16.5 Å². The van der Waals surface area contributed by atoms with E-state index in [0.717, 1.165) is 17.0 Å². The smallest absolute Gasteiger partial charge is 0.339 e. The molecule has 0 heterocycles. The van der Waals surface area contributed by atoms with Crippen molar-refractivity contribution in [3.63, 3.8) is 0 Å². The van der Waals surface area contributed by atoms with E-state index in [9.17, 15) is 22.0 Å². The van der Waals surface area contributed by atoms with E-state index in [-0.39, 0.29) is 4.90 Å². The third-order valence-electron chi connectivity index (χ3n) is 4.06. The molecule has 0 bridgehead atoms. The normalized spacial score (nSPS) is 12.4. The highest BCUT2D eigenvalue weighted by Crippen LogP contribution is 2.25. The zero-order valence-electron chi connectivity index (χ0n) is 14.8. The summed E-state index contributed by atoms with van der Waals surface area (Å²) >= 11 is 0. The molecule has 4 nitrogen and oxygen atoms in total. The van der Waals surface area contributed by atoms with E-state index in [4.69, 9.17) is 4.18 Å². The minimum absolute atomic E-state index is 0.232. The van der Waals surface area contributed by atoms with Crippen LogP contribution in [0.15, 0.2) is 77.4 Å². The molecule has 28 heavy (non-hydrogen) atoms. The second-order valence-electron chi connectivity index (χ2n) is 6.09. The largest absolute Gasteiger partial charge is 0.375 e. The molecule has 0 atom stereocenters. The maximum Gasteiger partial charge on any atom is 0.339 e. The first-order valence-electron chi connectivity index (χ1n) is 8.31. The van der Waals surface area contributed by atoms with E-state index < -0.39 is 28.1 Å². The number of hydrogen-bond donors (Lipinski definition) is 0. The molecule has 3 rings (SSSR count). The quantitative estimate of drug-likeness (QED) is 0.340. The van der Waals surface area contributed by atoms with E-state index in [1.54, 1.807) is 49.4 Å². The van der Waals surface area contributed by atoms with Crippen LogP contribution in [0, 0.1) is 6.92 Å². The lowest BCUT2D eigenvalue weighted by molar-refractivity contribution is -0.127. The second kappa shape index (κ2) is 7.90. The number of aryl methyl sites for hydroxylation is 1. The number of carbonyl (C=O) groups excluding carboxylic acids is 1. The van der Waals surface area contributed by atoms with Gasteiger partial charge in [0.2, 0.25) is 0 Å². The van der Waals surface area contributed by atoms with Gasteiger partial charge in [-0.25, -0.2) is 8.78 Å². The fourth-order valence-electron chi connectivity index (χ4n) is 2.63. The Hall–Kier alpha value is -3.06. The minimum atomic E-state index is -4.45. The summed E-state index contributed by atoms with van der Waals surface area (Å²) in [5.74, 6) is -2.64. The molecule has 0 saturated heterocycles. The van der Waals surface area contributed by atoms with Crippen molar-refractivity contribution in [3.05, 3.63) is 83.6 Å². The molecular weight excluding hydrogens is 386 g/mol. The van der Waals surface area contributed by atoms with Crippen molar-refractivity contribution in [1.82, 2.24) is 0 Å². The first-order chi connectivity index (χ1) is 13.3. The van der Waals surface area contributed by atoms with Crippen molar-refractivity contribution >= 4 is 32.7 Å². The van der Waals surface area contributed by atoms with Crippen LogP contribution >= 0.6 is 0 Å². The monoisotopic (exact) mass is 402 g/mol. The molecule has 0 unspecified atom stereocenters. The van der Waals surface area contributed by atoms with Gasteiger partial charge in [-0.1, -0.05) is 60.2 Å². The van der Waals surface area contributed by atoms with Crippen molar-refractivity contribution in [1.29, 1.82) is 0 Å². The van der Waals surface area contributed by atoms with Crippen LogP contribution in [-0.4, -0.2) is 20.6 Å². The molecule has 0 aliphatic carbocycles. The van der Waals surface area contributed by atoms with Gasteiger partial charge in [0.25, 0.3) is 5.78 Å². The van der Waals surface area contributed by atoms with Crippen LogP contribution in [0.5, 0.6) is 0 Å². The SMILES string of the molecule is Cc1ccc(S(=O)(=O)O/C(=C\c2cccc3ccccc23)C(=O)C(F)F)cc1. The number of halogens is 2. The molecule has 3 aromatic rings. The lowest BCUT2D eigenvalue weighted by Gasteiger charge is -2.11. The van der Waals surface area contributed by atoms with Crippen molar-refractivity contribution in [2.24, 2.45) is 0 Å². The van der Waals surface area contributed by atoms with Crippen molar-refractivity contribution in [3.8, 4) is 0 Å². The van der Waals surface area contributed by atoms with E-state index >= 15 is 0 Å². The number of benzene rings is 3. The lowest BCUT2D eigenvalue weighted by Crippen LogP contribution is -2.18. The van der Waals surface area contributed by atoms with Gasteiger partial charge in [0.1, 0.15) is 4.90 Å². The summed E-state index contributed by atoms with van der Waals surface area (Å²) < 4.78 is 55.9. The van der Waals surface area contributed by atoms with Crippen molar-refractivity contribution < 1.29 is 26.2 Å². The minimum Gasteiger partial charge on any atom is -0.375 e. The molecule has 0 radical (unpaired) electrons. The molecule has 3 aromatic carbocycles. The molecule has 144 valence electrons. The highest BCUT2D eigenvalue weighted by Gasteiger charge is 2.28. The van der Waals surface area contributed by atoms with Crippen LogP contribution in [0.3, 0.4) is 0 Å². The maximum atomic E-state index is 13.1. The summed E-state index contributed by atoms with van der Waals surface area (Å²) in [4.78, 5) is 11.7. The van der Waals surface area contributed by atoms with Crippen LogP contribution in [0.2, 0.25) is 0 Å². The number of ketones is 1. The molecule has 0 aromatic heterocycles. The average molecular weight is 402 g/mol. The predicted octanol–water partition coefficient (Wildman–Crippen LogP) is 4.73. The van der Waals surface area contributed by atoms with Gasteiger partial charge in [-0.2, -0.15) is 8.42 Å². The Labute approximate surface area is 161 Å². The molecule has 0 aliphatic heterocycles. The fourth-order valence-corrected chi connectivity index (χ4v) is 3.56. The van der Waals surface area contributed by atoms with Gasteiger partial charge in [-0.05, 0) is 41.5 Å². The van der Waals surface area contributed by atoms with E-state index in [0.29, 0.717) is 10.9 Å². The second-order valence-corrected chi connectivity index (χ2v) is 7.64. The molecule has 0 saturated carbocycles. The summed E-state index contributed by atoms with van der Waals surface area (Å²) in [6.45, 7) is 1.77. The van der Waals surface area contributed by atoms with Gasteiger partial charge < -0.3 is 4.18 Å². The van der Waals surface area contributed by atoms with Crippen LogP contribution < -0.4 is 0 Å². The van der Waals surface area contributed by atoms with Gasteiger partial charge in [0.05, 0.1) is 0 Å². The molecule has 0 spiro atoms. The number of fused-ring (bicyclic) bond motifs is 1. The third kappa shape index (κ3) is 4.26. The van der Waals surface area contributed by atoms with Gasteiger partial charge in [-0.15, -0.1) is 0 Å². The Balaban J connectivity index is 2.08. The Morgan fingerprint density at radius 3 is 2.29 bits per heavy atom. The van der Waals surface area contributed by atoms with Gasteiger partial charge in [0.15, 0.2) is 5.76 Å². The molecular formula is C21H16F2O4S. The lowest BCUT2D eigenvalue weighted by atomic mass is 10.0. The fraction of sp³-hybridized carbons (Fsp3) is 0.0952. The van der Waals surface area contributed by atoms with Crippen LogP contribution in [0.25, 0.3) is 16.8 Å². The number of alkyl halides is 2. The van der Waals surface area contributed by atoms with Crippen LogP contribution in [0.4, 0.5) is 8.78 Å². The summed E-state index contributed by atoms with van der Waals surface area (Å²) in [5.41, 5.74) is 1.20. The Kier molecular flexibility index (Phi) is 5.56. The molecule has 7 heteroatoms. The summed E-state index contributed by atoms with van der Waals surface area (Å²) in [7, 11) is -4.45. The van der Waals surface area contributed by atoms with Crippen LogP contribution in [0.1, 0.15) is 11.1 Å². The number of hydrogen-bond acceptors (Lipinski definition) is 4. The summed E-state index contributed by atoms with van der Waals surface area (Å²) in [5, 5.41) is 1.47. The molecule has 0 N–H and O–H groups in total. The third-order valence-corrected chi connectivity index (χ3v) is 5.31. The zero-order chi connectivity index (χ0) is 20.3. The zero-order valence-corrected chi connectivity index (χ0v) is 15.6. The Bertz CT molecular complexity index is 1150. The number of allylic oxidation sites excluding steroid dienone is 1. The number of carbonyl (C=O) groups is 1. The number of Topliss-reactive ketones (excluding diaryl/α,β-unsaturated/α-hetero) is 1. The summed E-state index contributed by atoms with van der Waals surface area (Å²) in [6, 6.07) is 17.8. The highest BCUT2D eigenvalue weighted by molar-refractivity contribution is 7.86. The highest BCUT2D eigenvalue weighted by atomic mass is 32.2. The summed E-state index contributed by atoms with van der Waals surface area (Å²) in [6.07, 6.45) is -2.38. The first kappa shape index (κ1) is 19.7. The van der Waals surface area contributed by atoms with E-state index in [1.165, 1.54) is 12.1 Å². The Morgan fingerprint density at radius 1 is 0.964 bits per heavy atom. The standard InChI is InChI=1S/C21H16F2O4S/c1-14-9-11-17(12-10-14)28(25,26)27-19(20(24)21(22)23)13-16-7-4-6-15-5-2-3-8-18(15)16/h2-13,21H,1H3/b19-13-. The number of rotatable bonds is 6. The van der Waals surface area contributed by atoms with Crippen molar-refractivity contribution in [2.75, 3.05) is 0 Å². The molecule has 0 aliphatic rings. The van der Waals surface area contributed by atoms with E-state index in [2.05, 4.69) is 0 Å². The first-order valence-corrected chi connectivity index (χ1v) is 9.72. The molecule has 0 fully saturated rings. The van der Waals surface area contributed by atoms with Crippen molar-refractivity contribution in [2.45, 2.75) is 18.2 Å². The predicted molar refractivity (Wildman–Crippen MR) is 102 cm³/mol. The van der Waals surface area contributed by atoms with Gasteiger partial charge in [-0.3, -0.25) is 4.79 Å². The average Bonchev–Trinajstić information content (AvgIpc) is 2.67. The van der Waals surface area contributed by atoms with E-state index in [1.807, 2.05) is 12.1 Å².